The minimum absolute atomic E-state index is 0.210. The van der Waals surface area contributed by atoms with Crippen molar-refractivity contribution in [3.63, 3.8) is 0 Å². The van der Waals surface area contributed by atoms with E-state index < -0.39 is 18.1 Å². The third kappa shape index (κ3) is 6.07. The average molecular weight is 415 g/mol. The Balaban J connectivity index is 2.17. The second kappa shape index (κ2) is 10.4. The number of carboxylic acids is 1. The summed E-state index contributed by atoms with van der Waals surface area (Å²) in [5, 5.41) is 12.8. The summed E-state index contributed by atoms with van der Waals surface area (Å²) in [6.07, 6.45) is 2.84. The number of hydrogen-bond donors (Lipinski definition) is 2. The van der Waals surface area contributed by atoms with Crippen molar-refractivity contribution < 1.29 is 19.4 Å². The van der Waals surface area contributed by atoms with Crippen molar-refractivity contribution in [1.29, 1.82) is 0 Å². The van der Waals surface area contributed by atoms with Gasteiger partial charge in [0, 0.05) is 33.1 Å². The molecule has 2 N–H and O–H groups in total. The molecule has 0 aliphatic carbocycles. The molecule has 0 fully saturated rings. The fourth-order valence-corrected chi connectivity index (χ4v) is 2.94. The minimum atomic E-state index is -0.990. The van der Waals surface area contributed by atoms with Crippen LogP contribution < -0.4 is 15.0 Å². The highest BCUT2D eigenvalue weighted by atomic mass is 16.6. The van der Waals surface area contributed by atoms with E-state index in [1.807, 2.05) is 6.92 Å². The number of carbonyl (C=O) groups is 2. The average Bonchev–Trinajstić information content (AvgIpc) is 2.70. The van der Waals surface area contributed by atoms with E-state index >= 15 is 0 Å². The topological polar surface area (TPSA) is 108 Å². The van der Waals surface area contributed by atoms with Crippen molar-refractivity contribution in [2.45, 2.75) is 39.3 Å². The number of amides is 1. The lowest BCUT2D eigenvalue weighted by Crippen LogP contribution is -2.35. The zero-order valence-electron chi connectivity index (χ0n) is 18.0. The molecule has 0 spiro atoms. The molecule has 0 unspecified atom stereocenters. The first-order chi connectivity index (χ1) is 14.2. The number of ether oxygens (including phenoxy) is 1. The van der Waals surface area contributed by atoms with Gasteiger partial charge in [0.25, 0.3) is 0 Å². The highest BCUT2D eigenvalue weighted by molar-refractivity contribution is 5.79. The van der Waals surface area contributed by atoms with E-state index in [0.29, 0.717) is 11.6 Å². The summed E-state index contributed by atoms with van der Waals surface area (Å²) in [5.74, 6) is -0.120. The van der Waals surface area contributed by atoms with Gasteiger partial charge >= 0.3 is 12.1 Å². The number of aliphatic carboxylic acids is 1. The van der Waals surface area contributed by atoms with Gasteiger partial charge in [-0.05, 0) is 38.5 Å². The molecule has 2 rings (SSSR count). The van der Waals surface area contributed by atoms with E-state index in [0.717, 1.165) is 17.8 Å². The maximum absolute atomic E-state index is 11.9. The van der Waals surface area contributed by atoms with Crippen LogP contribution in [0.3, 0.4) is 0 Å². The maximum atomic E-state index is 11.9. The smallest absolute Gasteiger partial charge is 0.414 e. The van der Waals surface area contributed by atoms with Crippen LogP contribution in [0.1, 0.15) is 26.3 Å². The summed E-state index contributed by atoms with van der Waals surface area (Å²) in [7, 11) is 3.19. The Hall–Kier alpha value is -3.36. The number of carbonyl (C=O) groups excluding carboxylic acids is 1. The summed E-state index contributed by atoms with van der Waals surface area (Å²) < 4.78 is 5.19. The highest BCUT2D eigenvalue weighted by Crippen LogP contribution is 2.25. The lowest BCUT2D eigenvalue weighted by atomic mass is 10.1. The van der Waals surface area contributed by atoms with Crippen molar-refractivity contribution in [2.24, 2.45) is 0 Å². The van der Waals surface area contributed by atoms with Gasteiger partial charge in [-0.3, -0.25) is 0 Å². The van der Waals surface area contributed by atoms with Crippen molar-refractivity contribution in [2.75, 3.05) is 30.9 Å². The molecular formula is C21H29N5O4. The van der Waals surface area contributed by atoms with Gasteiger partial charge in [0.2, 0.25) is 0 Å². The molecule has 1 heterocycles. The van der Waals surface area contributed by atoms with Crippen LogP contribution in [0.25, 0.3) is 0 Å². The van der Waals surface area contributed by atoms with Crippen LogP contribution in [0.2, 0.25) is 0 Å². The molecule has 1 aromatic heterocycles. The Morgan fingerprint density at radius 3 is 2.40 bits per heavy atom. The molecule has 0 bridgehead atoms. The number of aromatic nitrogens is 2. The highest BCUT2D eigenvalue weighted by Gasteiger charge is 2.22. The molecule has 0 saturated carbocycles. The minimum Gasteiger partial charge on any atom is -0.480 e. The zero-order chi connectivity index (χ0) is 22.3. The van der Waals surface area contributed by atoms with Gasteiger partial charge in [-0.1, -0.05) is 12.1 Å². The number of hydrogen-bond acceptors (Lipinski definition) is 7. The van der Waals surface area contributed by atoms with Gasteiger partial charge in [0.1, 0.15) is 18.1 Å². The fourth-order valence-electron chi connectivity index (χ4n) is 2.94. The van der Waals surface area contributed by atoms with Gasteiger partial charge < -0.3 is 25.0 Å². The molecule has 0 saturated heterocycles. The van der Waals surface area contributed by atoms with E-state index in [1.165, 1.54) is 11.2 Å². The van der Waals surface area contributed by atoms with Crippen LogP contribution in [-0.2, 0) is 11.2 Å². The molecule has 30 heavy (non-hydrogen) atoms. The molecule has 1 aromatic carbocycles. The quantitative estimate of drug-likeness (QED) is 0.644. The third-order valence-electron chi connectivity index (χ3n) is 4.51. The zero-order valence-corrected chi connectivity index (χ0v) is 18.0. The van der Waals surface area contributed by atoms with Crippen molar-refractivity contribution in [1.82, 2.24) is 14.9 Å². The van der Waals surface area contributed by atoms with Crippen molar-refractivity contribution in [3.8, 4) is 5.75 Å². The summed E-state index contributed by atoms with van der Waals surface area (Å²) >= 11 is 0. The number of rotatable bonds is 9. The van der Waals surface area contributed by atoms with E-state index in [9.17, 15) is 14.7 Å². The molecule has 0 aliphatic heterocycles. The summed E-state index contributed by atoms with van der Waals surface area (Å²) in [6, 6.07) is 6.08. The number of nitrogens with one attached hydrogen (secondary N) is 1. The SMILES string of the molecule is CCN(c1cncnc1N[C@@H](Cc1ccc(OC(=O)N(C)C)cc1)C(=O)O)C(C)C. The summed E-state index contributed by atoms with van der Waals surface area (Å²) in [6.45, 7) is 6.87. The van der Waals surface area contributed by atoms with Gasteiger partial charge in [-0.2, -0.15) is 0 Å². The fraction of sp³-hybridized carbons (Fsp3) is 0.429. The molecule has 9 nitrogen and oxygen atoms in total. The van der Waals surface area contributed by atoms with Crippen molar-refractivity contribution >= 4 is 23.6 Å². The largest absolute Gasteiger partial charge is 0.480 e. The van der Waals surface area contributed by atoms with E-state index in [1.54, 1.807) is 44.6 Å². The Kier molecular flexibility index (Phi) is 7.97. The molecule has 1 amide bonds. The first kappa shape index (κ1) is 22.9. The predicted octanol–water partition coefficient (Wildman–Crippen LogP) is 2.88. The molecule has 0 radical (unpaired) electrons. The lowest BCUT2D eigenvalue weighted by molar-refractivity contribution is -0.137. The van der Waals surface area contributed by atoms with Gasteiger partial charge in [0.05, 0.1) is 11.9 Å². The van der Waals surface area contributed by atoms with E-state index in [-0.39, 0.29) is 12.5 Å². The Bertz CT molecular complexity index is 855. The number of carboxylic acid groups (broad SMARTS) is 1. The standard InChI is InChI=1S/C21H29N5O4/c1-6-26(14(2)3)18-12-22-13-23-19(18)24-17(20(27)28)11-15-7-9-16(10-8-15)30-21(29)25(4)5/h7-10,12-14,17H,6,11H2,1-5H3,(H,27,28)(H,22,23,24)/t17-/m0/s1. The molecule has 162 valence electrons. The lowest BCUT2D eigenvalue weighted by Gasteiger charge is -2.29. The Morgan fingerprint density at radius 2 is 1.87 bits per heavy atom. The van der Waals surface area contributed by atoms with Crippen LogP contribution in [0.15, 0.2) is 36.8 Å². The van der Waals surface area contributed by atoms with Crippen LogP contribution >= 0.6 is 0 Å². The molecule has 9 heteroatoms. The van der Waals surface area contributed by atoms with E-state index in [2.05, 4.69) is 34.0 Å². The van der Waals surface area contributed by atoms with Crippen LogP contribution in [-0.4, -0.2) is 64.8 Å². The van der Waals surface area contributed by atoms with Gasteiger partial charge in [-0.15, -0.1) is 0 Å². The van der Waals surface area contributed by atoms with Crippen LogP contribution in [0.4, 0.5) is 16.3 Å². The Morgan fingerprint density at radius 1 is 1.20 bits per heavy atom. The van der Waals surface area contributed by atoms with Crippen LogP contribution in [0.5, 0.6) is 5.75 Å². The summed E-state index contributed by atoms with van der Waals surface area (Å²) in [4.78, 5) is 35.3. The van der Waals surface area contributed by atoms with Gasteiger partial charge in [0.15, 0.2) is 5.82 Å². The van der Waals surface area contributed by atoms with E-state index in [4.69, 9.17) is 4.74 Å². The summed E-state index contributed by atoms with van der Waals surface area (Å²) in [5.41, 5.74) is 1.54. The number of nitrogens with zero attached hydrogens (tertiary/aromatic N) is 4. The number of anilines is 2. The number of benzene rings is 1. The predicted molar refractivity (Wildman–Crippen MR) is 115 cm³/mol. The first-order valence-electron chi connectivity index (χ1n) is 9.77. The Labute approximate surface area is 176 Å². The normalized spacial score (nSPS) is 11.7. The third-order valence-corrected chi connectivity index (χ3v) is 4.51. The molecular weight excluding hydrogens is 386 g/mol. The molecule has 2 aromatic rings. The second-order valence-electron chi connectivity index (χ2n) is 7.28. The first-order valence-corrected chi connectivity index (χ1v) is 9.77. The van der Waals surface area contributed by atoms with Crippen LogP contribution in [0, 0.1) is 0 Å². The molecule has 0 aliphatic rings. The molecule has 1 atom stereocenters. The van der Waals surface area contributed by atoms with Crippen molar-refractivity contribution in [3.05, 3.63) is 42.4 Å². The maximum Gasteiger partial charge on any atom is 0.414 e. The second-order valence-corrected chi connectivity index (χ2v) is 7.28. The monoisotopic (exact) mass is 415 g/mol. The van der Waals surface area contributed by atoms with Gasteiger partial charge in [-0.25, -0.2) is 19.6 Å².